The van der Waals surface area contributed by atoms with Gasteiger partial charge in [0.1, 0.15) is 0 Å². The fourth-order valence-corrected chi connectivity index (χ4v) is 3.84. The molecule has 0 amide bonds. The van der Waals surface area contributed by atoms with Crippen LogP contribution in [0.3, 0.4) is 0 Å². The first kappa shape index (κ1) is 13.6. The van der Waals surface area contributed by atoms with Gasteiger partial charge in [-0.1, -0.05) is 80.0 Å². The molecular formula is C21H17Cl. The van der Waals surface area contributed by atoms with E-state index in [4.69, 9.17) is 11.6 Å². The fraction of sp³-hybridized carbons (Fsp3) is 0.143. The summed E-state index contributed by atoms with van der Waals surface area (Å²) in [5, 5.41) is 0.777. The van der Waals surface area contributed by atoms with E-state index in [2.05, 4.69) is 68.4 Å². The molecule has 4 rings (SSSR count). The Balaban J connectivity index is 2.02. The highest BCUT2D eigenvalue weighted by Gasteiger charge is 2.36. The van der Waals surface area contributed by atoms with Gasteiger partial charge in [0, 0.05) is 10.4 Å². The minimum absolute atomic E-state index is 0.0160. The van der Waals surface area contributed by atoms with Crippen molar-refractivity contribution in [1.82, 2.24) is 0 Å². The lowest BCUT2D eigenvalue weighted by atomic mass is 9.79. The minimum atomic E-state index is 0.0160. The zero-order valence-corrected chi connectivity index (χ0v) is 13.5. The predicted molar refractivity (Wildman–Crippen MR) is 94.5 cm³/mol. The van der Waals surface area contributed by atoms with Crippen LogP contribution in [0.5, 0.6) is 0 Å². The van der Waals surface area contributed by atoms with Crippen molar-refractivity contribution < 1.29 is 0 Å². The molecule has 0 bridgehead atoms. The zero-order valence-electron chi connectivity index (χ0n) is 12.7. The van der Waals surface area contributed by atoms with Gasteiger partial charge >= 0.3 is 0 Å². The molecule has 1 aliphatic rings. The van der Waals surface area contributed by atoms with Crippen molar-refractivity contribution >= 4 is 11.6 Å². The van der Waals surface area contributed by atoms with Crippen molar-refractivity contribution in [3.8, 4) is 22.3 Å². The van der Waals surface area contributed by atoms with E-state index in [0.717, 1.165) is 5.02 Å². The van der Waals surface area contributed by atoms with Crippen LogP contribution in [-0.2, 0) is 5.41 Å². The van der Waals surface area contributed by atoms with Gasteiger partial charge in [-0.3, -0.25) is 0 Å². The summed E-state index contributed by atoms with van der Waals surface area (Å²) >= 11 is 6.05. The maximum atomic E-state index is 6.05. The molecule has 108 valence electrons. The Morgan fingerprint density at radius 2 is 1.32 bits per heavy atom. The third-order valence-electron chi connectivity index (χ3n) is 4.74. The molecule has 0 atom stereocenters. The summed E-state index contributed by atoms with van der Waals surface area (Å²) in [4.78, 5) is 0. The molecule has 0 saturated heterocycles. The quantitative estimate of drug-likeness (QED) is 0.494. The average Bonchev–Trinajstić information content (AvgIpc) is 2.77. The van der Waals surface area contributed by atoms with Gasteiger partial charge in [0.25, 0.3) is 0 Å². The van der Waals surface area contributed by atoms with Crippen LogP contribution in [0.2, 0.25) is 5.02 Å². The largest absolute Gasteiger partial charge is 0.0843 e. The molecule has 0 aliphatic heterocycles. The zero-order chi connectivity index (χ0) is 15.3. The first-order valence-electron chi connectivity index (χ1n) is 7.58. The van der Waals surface area contributed by atoms with Crippen molar-refractivity contribution in [2.75, 3.05) is 0 Å². The van der Waals surface area contributed by atoms with E-state index in [1.165, 1.54) is 33.4 Å². The van der Waals surface area contributed by atoms with E-state index in [9.17, 15) is 0 Å². The monoisotopic (exact) mass is 304 g/mol. The third kappa shape index (κ3) is 1.84. The highest BCUT2D eigenvalue weighted by molar-refractivity contribution is 6.30. The minimum Gasteiger partial charge on any atom is -0.0843 e. The second-order valence-corrected chi connectivity index (χ2v) is 6.84. The molecule has 0 unspecified atom stereocenters. The van der Waals surface area contributed by atoms with Crippen molar-refractivity contribution in [3.05, 3.63) is 82.9 Å². The molecule has 22 heavy (non-hydrogen) atoms. The second-order valence-electron chi connectivity index (χ2n) is 6.41. The number of fused-ring (bicyclic) bond motifs is 3. The molecule has 1 heteroatoms. The van der Waals surface area contributed by atoms with E-state index in [1.54, 1.807) is 0 Å². The normalized spacial score (nSPS) is 14.5. The highest BCUT2D eigenvalue weighted by atomic mass is 35.5. The Hall–Kier alpha value is -2.05. The molecule has 0 aromatic heterocycles. The lowest BCUT2D eigenvalue weighted by Gasteiger charge is -2.24. The van der Waals surface area contributed by atoms with Crippen LogP contribution in [0.4, 0.5) is 0 Å². The Labute approximate surface area is 136 Å². The maximum absolute atomic E-state index is 6.05. The summed E-state index contributed by atoms with van der Waals surface area (Å²) in [6.07, 6.45) is 0. The fourth-order valence-electron chi connectivity index (χ4n) is 3.72. The van der Waals surface area contributed by atoms with Crippen LogP contribution in [0, 0.1) is 0 Å². The van der Waals surface area contributed by atoms with Crippen LogP contribution in [0.25, 0.3) is 22.3 Å². The molecule has 0 N–H and O–H groups in total. The van der Waals surface area contributed by atoms with Gasteiger partial charge in [-0.15, -0.1) is 0 Å². The van der Waals surface area contributed by atoms with E-state index in [0.29, 0.717) is 0 Å². The molecule has 0 heterocycles. The third-order valence-corrected chi connectivity index (χ3v) is 4.99. The lowest BCUT2D eigenvalue weighted by Crippen LogP contribution is -2.16. The summed E-state index contributed by atoms with van der Waals surface area (Å²) in [6.45, 7) is 4.63. The van der Waals surface area contributed by atoms with Crippen molar-refractivity contribution in [2.24, 2.45) is 0 Å². The van der Waals surface area contributed by atoms with Crippen LogP contribution in [-0.4, -0.2) is 0 Å². The van der Waals surface area contributed by atoms with E-state index >= 15 is 0 Å². The molecule has 0 radical (unpaired) electrons. The Bertz CT molecular complexity index is 857. The lowest BCUT2D eigenvalue weighted by molar-refractivity contribution is 0.662. The first-order chi connectivity index (χ1) is 10.6. The van der Waals surface area contributed by atoms with E-state index in [-0.39, 0.29) is 5.41 Å². The highest BCUT2D eigenvalue weighted by Crippen LogP contribution is 2.51. The van der Waals surface area contributed by atoms with Crippen LogP contribution < -0.4 is 0 Å². The summed E-state index contributed by atoms with van der Waals surface area (Å²) in [6, 6.07) is 23.5. The molecule has 0 nitrogen and oxygen atoms in total. The number of benzene rings is 3. The number of rotatable bonds is 1. The molecule has 1 aliphatic carbocycles. The second kappa shape index (κ2) is 4.72. The Morgan fingerprint density at radius 3 is 2.09 bits per heavy atom. The summed E-state index contributed by atoms with van der Waals surface area (Å²) < 4.78 is 0. The van der Waals surface area contributed by atoms with E-state index < -0.39 is 0 Å². The van der Waals surface area contributed by atoms with Gasteiger partial charge in [0.05, 0.1) is 0 Å². The van der Waals surface area contributed by atoms with Gasteiger partial charge in [-0.2, -0.15) is 0 Å². The van der Waals surface area contributed by atoms with E-state index in [1.807, 2.05) is 12.1 Å². The summed E-state index contributed by atoms with van der Waals surface area (Å²) in [5.74, 6) is 0. The smallest absolute Gasteiger partial charge is 0.0406 e. The molecule has 3 aromatic rings. The van der Waals surface area contributed by atoms with Gasteiger partial charge in [-0.25, -0.2) is 0 Å². The maximum Gasteiger partial charge on any atom is 0.0406 e. The predicted octanol–water partition coefficient (Wildman–Crippen LogP) is 6.31. The topological polar surface area (TPSA) is 0 Å². The van der Waals surface area contributed by atoms with Crippen LogP contribution >= 0.6 is 11.6 Å². The summed E-state index contributed by atoms with van der Waals surface area (Å²) in [7, 11) is 0. The molecule has 0 fully saturated rings. The standard InChI is InChI=1S/C21H17Cl/c1-21(2)19-9-4-3-6-17(19)18-8-5-7-16(20(18)21)14-10-12-15(22)13-11-14/h3-13H,1-2H3. The SMILES string of the molecule is CC1(C)c2ccccc2-c2cccc(-c3ccc(Cl)cc3)c21. The Morgan fingerprint density at radius 1 is 0.682 bits per heavy atom. The molecular weight excluding hydrogens is 288 g/mol. The van der Waals surface area contributed by atoms with Crippen LogP contribution in [0.15, 0.2) is 66.7 Å². The van der Waals surface area contributed by atoms with Crippen molar-refractivity contribution in [1.29, 1.82) is 0 Å². The number of hydrogen-bond acceptors (Lipinski definition) is 0. The van der Waals surface area contributed by atoms with Gasteiger partial charge in [0.2, 0.25) is 0 Å². The molecule has 0 saturated carbocycles. The number of hydrogen-bond donors (Lipinski definition) is 0. The average molecular weight is 305 g/mol. The van der Waals surface area contributed by atoms with Crippen molar-refractivity contribution in [3.63, 3.8) is 0 Å². The van der Waals surface area contributed by atoms with Gasteiger partial charge in [-0.05, 0) is 45.5 Å². The van der Waals surface area contributed by atoms with Gasteiger partial charge in [0.15, 0.2) is 0 Å². The number of halogens is 1. The molecule has 3 aromatic carbocycles. The molecule has 0 spiro atoms. The van der Waals surface area contributed by atoms with Crippen LogP contribution in [0.1, 0.15) is 25.0 Å². The van der Waals surface area contributed by atoms with Gasteiger partial charge < -0.3 is 0 Å². The first-order valence-corrected chi connectivity index (χ1v) is 7.96. The summed E-state index contributed by atoms with van der Waals surface area (Å²) in [5.41, 5.74) is 8.08. The Kier molecular flexibility index (Phi) is 2.92. The van der Waals surface area contributed by atoms with Crippen molar-refractivity contribution in [2.45, 2.75) is 19.3 Å².